The third-order valence-electron chi connectivity index (χ3n) is 2.93. The monoisotopic (exact) mass is 294 g/mol. The third kappa shape index (κ3) is 4.45. The van der Waals surface area contributed by atoms with Crippen LogP contribution in [0.15, 0.2) is 60.7 Å². The number of carboxylic acids is 1. The molecule has 0 unspecified atom stereocenters. The molecule has 0 aliphatic rings. The maximum Gasteiger partial charge on any atom is 0.335 e. The van der Waals surface area contributed by atoms with Crippen molar-refractivity contribution in [3.05, 3.63) is 77.4 Å². The summed E-state index contributed by atoms with van der Waals surface area (Å²) in [5, 5.41) is 18.0. The first kappa shape index (κ1) is 15.3. The molecular weight excluding hydrogens is 280 g/mol. The van der Waals surface area contributed by atoms with Gasteiger partial charge in [-0.3, -0.25) is 4.79 Å². The van der Waals surface area contributed by atoms with Gasteiger partial charge < -0.3 is 10.2 Å². The average Bonchev–Trinajstić information content (AvgIpc) is 2.52. The standard InChI is InChI=1S/C18H14O4/c19-16(10-4-14-5-11-17(20)12-6-14)9-3-13-1-7-15(8-2-13)18(21)22/h1-12,20H,(H,21,22)/b9-3+,10-4+. The minimum absolute atomic E-state index is 0.174. The summed E-state index contributed by atoms with van der Waals surface area (Å²) < 4.78 is 0. The van der Waals surface area contributed by atoms with E-state index in [4.69, 9.17) is 10.2 Å². The fourth-order valence-corrected chi connectivity index (χ4v) is 1.73. The number of carboxylic acid groups (broad SMARTS) is 1. The van der Waals surface area contributed by atoms with Gasteiger partial charge in [0, 0.05) is 0 Å². The Morgan fingerprint density at radius 1 is 0.773 bits per heavy atom. The molecule has 2 rings (SSSR count). The molecule has 0 heterocycles. The molecule has 0 radical (unpaired) electrons. The lowest BCUT2D eigenvalue weighted by molar-refractivity contribution is -0.110. The number of hydrogen-bond acceptors (Lipinski definition) is 3. The molecule has 0 bridgehead atoms. The zero-order valence-corrected chi connectivity index (χ0v) is 11.6. The molecule has 22 heavy (non-hydrogen) atoms. The molecule has 0 aliphatic heterocycles. The highest BCUT2D eigenvalue weighted by atomic mass is 16.4. The molecule has 0 atom stereocenters. The normalized spacial score (nSPS) is 11.1. The van der Waals surface area contributed by atoms with E-state index < -0.39 is 5.97 Å². The Kier molecular flexibility index (Phi) is 4.88. The van der Waals surface area contributed by atoms with Gasteiger partial charge in [0.1, 0.15) is 5.75 Å². The van der Waals surface area contributed by atoms with Crippen LogP contribution in [0, 0.1) is 0 Å². The van der Waals surface area contributed by atoms with Crippen molar-refractivity contribution >= 4 is 23.9 Å². The summed E-state index contributed by atoms with van der Waals surface area (Å²) in [5.41, 5.74) is 1.76. The van der Waals surface area contributed by atoms with Crippen LogP contribution in [0.2, 0.25) is 0 Å². The van der Waals surface area contributed by atoms with E-state index in [1.54, 1.807) is 48.6 Å². The number of aromatic carboxylic acids is 1. The van der Waals surface area contributed by atoms with Crippen LogP contribution in [-0.2, 0) is 4.79 Å². The van der Waals surface area contributed by atoms with E-state index in [9.17, 15) is 9.59 Å². The van der Waals surface area contributed by atoms with Gasteiger partial charge in [0.2, 0.25) is 0 Å². The second-order valence-electron chi connectivity index (χ2n) is 4.59. The molecule has 4 heteroatoms. The van der Waals surface area contributed by atoms with E-state index >= 15 is 0 Å². The number of ketones is 1. The van der Waals surface area contributed by atoms with E-state index in [-0.39, 0.29) is 17.1 Å². The van der Waals surface area contributed by atoms with Crippen molar-refractivity contribution in [2.45, 2.75) is 0 Å². The molecule has 0 aliphatic carbocycles. The smallest absolute Gasteiger partial charge is 0.335 e. The van der Waals surface area contributed by atoms with Gasteiger partial charge in [-0.1, -0.05) is 36.4 Å². The van der Waals surface area contributed by atoms with E-state index in [0.29, 0.717) is 0 Å². The predicted octanol–water partition coefficient (Wildman–Crippen LogP) is 3.39. The van der Waals surface area contributed by atoms with Crippen molar-refractivity contribution < 1.29 is 19.8 Å². The maximum absolute atomic E-state index is 11.7. The van der Waals surface area contributed by atoms with Crippen LogP contribution < -0.4 is 0 Å². The number of carbonyl (C=O) groups excluding carboxylic acids is 1. The number of allylic oxidation sites excluding steroid dienone is 2. The van der Waals surface area contributed by atoms with Crippen molar-refractivity contribution in [3.63, 3.8) is 0 Å². The number of benzene rings is 2. The minimum atomic E-state index is -0.983. The molecule has 110 valence electrons. The first-order valence-electron chi connectivity index (χ1n) is 6.57. The van der Waals surface area contributed by atoms with Gasteiger partial charge in [0.15, 0.2) is 5.78 Å². The highest BCUT2D eigenvalue weighted by Gasteiger charge is 2.00. The fraction of sp³-hybridized carbons (Fsp3) is 0. The largest absolute Gasteiger partial charge is 0.508 e. The van der Waals surface area contributed by atoms with Gasteiger partial charge in [-0.05, 0) is 47.5 Å². The zero-order valence-electron chi connectivity index (χ0n) is 11.6. The van der Waals surface area contributed by atoms with Crippen LogP contribution in [0.4, 0.5) is 0 Å². The van der Waals surface area contributed by atoms with Gasteiger partial charge in [0.05, 0.1) is 5.56 Å². The highest BCUT2D eigenvalue weighted by Crippen LogP contribution is 2.11. The highest BCUT2D eigenvalue weighted by molar-refractivity contribution is 6.04. The lowest BCUT2D eigenvalue weighted by Gasteiger charge is -1.95. The summed E-state index contributed by atoms with van der Waals surface area (Å²) in [4.78, 5) is 22.4. The Hall–Kier alpha value is -3.14. The molecule has 2 aromatic rings. The summed E-state index contributed by atoms with van der Waals surface area (Å²) >= 11 is 0. The Morgan fingerprint density at radius 2 is 1.23 bits per heavy atom. The van der Waals surface area contributed by atoms with Crippen molar-refractivity contribution in [1.82, 2.24) is 0 Å². The Labute approximate surface area is 127 Å². The fourth-order valence-electron chi connectivity index (χ4n) is 1.73. The van der Waals surface area contributed by atoms with E-state index in [1.165, 1.54) is 24.3 Å². The van der Waals surface area contributed by atoms with E-state index in [1.807, 2.05) is 0 Å². The van der Waals surface area contributed by atoms with Crippen LogP contribution in [0.25, 0.3) is 12.2 Å². The van der Waals surface area contributed by atoms with Crippen LogP contribution in [0.3, 0.4) is 0 Å². The second kappa shape index (κ2) is 7.04. The first-order valence-corrected chi connectivity index (χ1v) is 6.57. The molecule has 0 spiro atoms. The predicted molar refractivity (Wildman–Crippen MR) is 84.6 cm³/mol. The topological polar surface area (TPSA) is 74.6 Å². The Bertz CT molecular complexity index is 723. The number of hydrogen-bond donors (Lipinski definition) is 2. The zero-order chi connectivity index (χ0) is 15.9. The second-order valence-corrected chi connectivity index (χ2v) is 4.59. The molecule has 0 amide bonds. The van der Waals surface area contributed by atoms with Gasteiger partial charge >= 0.3 is 5.97 Å². The summed E-state index contributed by atoms with van der Waals surface area (Å²) in [6.07, 6.45) is 6.11. The van der Waals surface area contributed by atoms with Crippen molar-refractivity contribution in [2.24, 2.45) is 0 Å². The average molecular weight is 294 g/mol. The van der Waals surface area contributed by atoms with Gasteiger partial charge in [-0.2, -0.15) is 0 Å². The molecule has 2 N–H and O–H groups in total. The Morgan fingerprint density at radius 3 is 1.68 bits per heavy atom. The number of aromatic hydroxyl groups is 1. The first-order chi connectivity index (χ1) is 10.5. The Balaban J connectivity index is 1.98. The van der Waals surface area contributed by atoms with Gasteiger partial charge in [-0.15, -0.1) is 0 Å². The third-order valence-corrected chi connectivity index (χ3v) is 2.93. The van der Waals surface area contributed by atoms with Crippen LogP contribution in [-0.4, -0.2) is 22.0 Å². The molecular formula is C18H14O4. The molecule has 0 saturated heterocycles. The van der Waals surface area contributed by atoms with Crippen molar-refractivity contribution in [2.75, 3.05) is 0 Å². The van der Waals surface area contributed by atoms with Crippen molar-refractivity contribution in [1.29, 1.82) is 0 Å². The summed E-state index contributed by atoms with van der Waals surface area (Å²) in [5.74, 6) is -0.994. The number of phenolic OH excluding ortho intramolecular Hbond substituents is 1. The SMILES string of the molecule is O=C(/C=C/c1ccc(O)cc1)/C=C/c1ccc(C(=O)O)cc1. The molecule has 2 aromatic carbocycles. The summed E-state index contributed by atoms with van der Waals surface area (Å²) in [6.45, 7) is 0. The number of phenols is 1. The molecule has 4 nitrogen and oxygen atoms in total. The summed E-state index contributed by atoms with van der Waals surface area (Å²) in [7, 11) is 0. The van der Waals surface area contributed by atoms with Gasteiger partial charge in [-0.25, -0.2) is 4.79 Å². The maximum atomic E-state index is 11.7. The van der Waals surface area contributed by atoms with Crippen LogP contribution in [0.5, 0.6) is 5.75 Å². The van der Waals surface area contributed by atoms with Crippen LogP contribution in [0.1, 0.15) is 21.5 Å². The number of rotatable bonds is 5. The molecule has 0 saturated carbocycles. The van der Waals surface area contributed by atoms with Crippen LogP contribution >= 0.6 is 0 Å². The quantitative estimate of drug-likeness (QED) is 0.829. The minimum Gasteiger partial charge on any atom is -0.508 e. The lowest BCUT2D eigenvalue weighted by Crippen LogP contribution is -1.94. The van der Waals surface area contributed by atoms with Gasteiger partial charge in [0.25, 0.3) is 0 Å². The van der Waals surface area contributed by atoms with E-state index in [0.717, 1.165) is 11.1 Å². The molecule has 0 aromatic heterocycles. The van der Waals surface area contributed by atoms with E-state index in [2.05, 4.69) is 0 Å². The summed E-state index contributed by atoms with van der Waals surface area (Å²) in [6, 6.07) is 12.7. The van der Waals surface area contributed by atoms with Crippen molar-refractivity contribution in [3.8, 4) is 5.75 Å². The molecule has 0 fully saturated rings. The lowest BCUT2D eigenvalue weighted by atomic mass is 10.1. The number of carbonyl (C=O) groups is 2.